The van der Waals surface area contributed by atoms with Crippen LogP contribution in [0.3, 0.4) is 0 Å². The van der Waals surface area contributed by atoms with E-state index in [1.165, 1.54) is 31.4 Å². The number of hydrogen-bond acceptors (Lipinski definition) is 4. The highest BCUT2D eigenvalue weighted by molar-refractivity contribution is 6.13. The normalized spacial score (nSPS) is 13.0. The van der Waals surface area contributed by atoms with Crippen molar-refractivity contribution in [3.63, 3.8) is 0 Å². The first-order valence-corrected chi connectivity index (χ1v) is 10.4. The van der Waals surface area contributed by atoms with Gasteiger partial charge in [0.15, 0.2) is 5.54 Å². The molecule has 0 saturated heterocycles. The number of halogens is 3. The predicted molar refractivity (Wildman–Crippen MR) is 121 cm³/mol. The zero-order valence-corrected chi connectivity index (χ0v) is 18.3. The van der Waals surface area contributed by atoms with Crippen molar-refractivity contribution in [1.29, 1.82) is 0 Å². The van der Waals surface area contributed by atoms with Gasteiger partial charge in [-0.3, -0.25) is 9.79 Å². The van der Waals surface area contributed by atoms with E-state index < -0.39 is 24.1 Å². The van der Waals surface area contributed by atoms with Crippen molar-refractivity contribution >= 4 is 11.7 Å². The fourth-order valence-corrected chi connectivity index (χ4v) is 3.50. The number of carbonyl (C=O) groups is 1. The summed E-state index contributed by atoms with van der Waals surface area (Å²) in [6, 6.07) is 22.6. The molecule has 3 rings (SSSR count). The lowest BCUT2D eigenvalue weighted by Crippen LogP contribution is -2.44. The van der Waals surface area contributed by atoms with Crippen molar-refractivity contribution in [3.05, 3.63) is 102 Å². The lowest BCUT2D eigenvalue weighted by atomic mass is 9.85. The fourth-order valence-electron chi connectivity index (χ4n) is 3.50. The molecule has 0 aromatic heterocycles. The number of methoxy groups -OCH3 is 1. The second kappa shape index (κ2) is 10.3. The van der Waals surface area contributed by atoms with E-state index in [-0.39, 0.29) is 17.9 Å². The van der Waals surface area contributed by atoms with Crippen LogP contribution in [0.1, 0.15) is 30.0 Å². The highest BCUT2D eigenvalue weighted by atomic mass is 19.4. The van der Waals surface area contributed by atoms with E-state index >= 15 is 0 Å². The highest BCUT2D eigenvalue weighted by Crippen LogP contribution is 2.46. The van der Waals surface area contributed by atoms with Gasteiger partial charge in [0.25, 0.3) is 0 Å². The smallest absolute Gasteiger partial charge is 0.418 e. The maximum absolute atomic E-state index is 14.9. The number of alkyl halides is 3. The van der Waals surface area contributed by atoms with Gasteiger partial charge in [-0.2, -0.15) is 13.2 Å². The van der Waals surface area contributed by atoms with E-state index in [0.29, 0.717) is 16.9 Å². The zero-order valence-electron chi connectivity index (χ0n) is 18.3. The average molecular weight is 455 g/mol. The predicted octanol–water partition coefficient (Wildman–Crippen LogP) is 5.94. The first-order chi connectivity index (χ1) is 15.8. The van der Waals surface area contributed by atoms with Crippen molar-refractivity contribution in [1.82, 2.24) is 0 Å². The van der Waals surface area contributed by atoms with Crippen molar-refractivity contribution in [3.8, 4) is 5.75 Å². The Labute approximate surface area is 190 Å². The van der Waals surface area contributed by atoms with E-state index in [9.17, 15) is 18.0 Å². The quantitative estimate of drug-likeness (QED) is 0.312. The number of esters is 1. The van der Waals surface area contributed by atoms with Crippen LogP contribution in [0.2, 0.25) is 0 Å². The molecule has 7 heteroatoms. The number of ether oxygens (including phenoxy) is 2. The molecular formula is C26H24F3NO3. The Morgan fingerprint density at radius 2 is 1.36 bits per heavy atom. The van der Waals surface area contributed by atoms with Crippen molar-refractivity contribution in [2.24, 2.45) is 4.99 Å². The van der Waals surface area contributed by atoms with E-state index in [4.69, 9.17) is 9.47 Å². The fraction of sp³-hybridized carbons (Fsp3) is 0.231. The maximum atomic E-state index is 14.9. The Morgan fingerprint density at radius 1 is 0.848 bits per heavy atom. The number of rotatable bonds is 8. The molecule has 0 aliphatic heterocycles. The molecule has 33 heavy (non-hydrogen) atoms. The highest BCUT2D eigenvalue weighted by Gasteiger charge is 2.58. The molecule has 0 aliphatic rings. The lowest BCUT2D eigenvalue weighted by molar-refractivity contribution is -0.196. The second-order valence-corrected chi connectivity index (χ2v) is 7.26. The second-order valence-electron chi connectivity index (χ2n) is 7.26. The monoisotopic (exact) mass is 455 g/mol. The summed E-state index contributed by atoms with van der Waals surface area (Å²) < 4.78 is 54.7. The maximum Gasteiger partial charge on any atom is 0.418 e. The van der Waals surface area contributed by atoms with Gasteiger partial charge < -0.3 is 9.47 Å². The van der Waals surface area contributed by atoms with E-state index in [0.717, 1.165) is 0 Å². The molecule has 0 aliphatic carbocycles. The summed E-state index contributed by atoms with van der Waals surface area (Å²) in [6.45, 7) is 1.51. The molecule has 1 unspecified atom stereocenters. The van der Waals surface area contributed by atoms with Gasteiger partial charge >= 0.3 is 12.1 Å². The van der Waals surface area contributed by atoms with Crippen LogP contribution in [-0.2, 0) is 15.1 Å². The van der Waals surface area contributed by atoms with Gasteiger partial charge in [-0.25, -0.2) is 0 Å². The molecule has 0 heterocycles. The molecule has 0 radical (unpaired) electrons. The van der Waals surface area contributed by atoms with Gasteiger partial charge in [-0.05, 0) is 24.6 Å². The number of hydrogen-bond donors (Lipinski definition) is 0. The molecule has 1 atom stereocenters. The summed E-state index contributed by atoms with van der Waals surface area (Å²) in [5.41, 5.74) is -1.95. The first kappa shape index (κ1) is 24.0. The SMILES string of the molecule is CCOC(=O)CC(N=C(c1ccccc1)c1ccccc1)(c1ccc(OC)cc1)C(F)(F)F. The Bertz CT molecular complexity index is 1040. The molecule has 0 spiro atoms. The number of benzene rings is 3. The van der Waals surface area contributed by atoms with E-state index in [1.54, 1.807) is 67.6 Å². The third-order valence-corrected chi connectivity index (χ3v) is 5.14. The molecule has 0 N–H and O–H groups in total. The van der Waals surface area contributed by atoms with Crippen molar-refractivity contribution < 1.29 is 27.4 Å². The third kappa shape index (κ3) is 5.42. The van der Waals surface area contributed by atoms with Crippen LogP contribution in [0, 0.1) is 0 Å². The Balaban J connectivity index is 2.33. The van der Waals surface area contributed by atoms with Gasteiger partial charge in [-0.15, -0.1) is 0 Å². The third-order valence-electron chi connectivity index (χ3n) is 5.14. The number of aliphatic imine (C=N–C) groups is 1. The van der Waals surface area contributed by atoms with Gasteiger partial charge in [0.2, 0.25) is 0 Å². The molecule has 0 bridgehead atoms. The standard InChI is InChI=1S/C26H24F3NO3/c1-3-33-23(31)18-25(26(27,28)29,21-14-16-22(32-2)17-15-21)30-24(19-10-6-4-7-11-19)20-12-8-5-9-13-20/h4-17H,3,18H2,1-2H3. The van der Waals surface area contributed by atoms with Gasteiger partial charge in [0.1, 0.15) is 5.75 Å². The average Bonchev–Trinajstić information content (AvgIpc) is 2.82. The molecular weight excluding hydrogens is 431 g/mol. The van der Waals surface area contributed by atoms with Crippen LogP contribution in [0.5, 0.6) is 5.75 Å². The lowest BCUT2D eigenvalue weighted by Gasteiger charge is -2.33. The van der Waals surface area contributed by atoms with Crippen molar-refractivity contribution in [2.75, 3.05) is 13.7 Å². The van der Waals surface area contributed by atoms with Crippen LogP contribution in [-0.4, -0.2) is 31.6 Å². The van der Waals surface area contributed by atoms with Crippen LogP contribution in [0.15, 0.2) is 89.9 Å². The van der Waals surface area contributed by atoms with Crippen LogP contribution < -0.4 is 4.74 Å². The molecule has 3 aromatic carbocycles. The Morgan fingerprint density at radius 3 is 1.79 bits per heavy atom. The van der Waals surface area contributed by atoms with Crippen molar-refractivity contribution in [2.45, 2.75) is 25.1 Å². The topological polar surface area (TPSA) is 47.9 Å². The van der Waals surface area contributed by atoms with Crippen LogP contribution >= 0.6 is 0 Å². The molecule has 0 saturated carbocycles. The summed E-state index contributed by atoms with van der Waals surface area (Å²) in [4.78, 5) is 16.8. The van der Waals surface area contributed by atoms with Crippen LogP contribution in [0.4, 0.5) is 13.2 Å². The molecule has 0 amide bonds. The number of carbonyl (C=O) groups excluding carboxylic acids is 1. The van der Waals surface area contributed by atoms with E-state index in [2.05, 4.69) is 4.99 Å². The minimum Gasteiger partial charge on any atom is -0.497 e. The van der Waals surface area contributed by atoms with Gasteiger partial charge in [0.05, 0.1) is 25.8 Å². The zero-order chi connectivity index (χ0) is 23.9. The summed E-state index contributed by atoms with van der Waals surface area (Å²) >= 11 is 0. The Hall–Kier alpha value is -3.61. The van der Waals surface area contributed by atoms with E-state index in [1.807, 2.05) is 0 Å². The largest absolute Gasteiger partial charge is 0.497 e. The summed E-state index contributed by atoms with van der Waals surface area (Å²) in [6.07, 6.45) is -5.90. The van der Waals surface area contributed by atoms with Crippen LogP contribution in [0.25, 0.3) is 0 Å². The minimum atomic E-state index is -4.90. The first-order valence-electron chi connectivity index (χ1n) is 10.4. The molecule has 3 aromatic rings. The minimum absolute atomic E-state index is 0.0384. The van der Waals surface area contributed by atoms with Gasteiger partial charge in [0, 0.05) is 11.1 Å². The summed E-state index contributed by atoms with van der Waals surface area (Å²) in [5, 5.41) is 0. The molecule has 172 valence electrons. The summed E-state index contributed by atoms with van der Waals surface area (Å²) in [7, 11) is 1.42. The van der Waals surface area contributed by atoms with Gasteiger partial charge in [-0.1, -0.05) is 72.8 Å². The molecule has 0 fully saturated rings. The number of nitrogens with zero attached hydrogens (tertiary/aromatic N) is 1. The Kier molecular flexibility index (Phi) is 7.53. The molecule has 4 nitrogen and oxygen atoms in total. The summed E-state index contributed by atoms with van der Waals surface area (Å²) in [5.74, 6) is -0.601.